The van der Waals surface area contributed by atoms with Gasteiger partial charge in [0, 0.05) is 22.9 Å². The molecule has 2 aromatic rings. The van der Waals surface area contributed by atoms with Crippen LogP contribution in [0.4, 0.5) is 11.4 Å². The van der Waals surface area contributed by atoms with E-state index in [1.807, 2.05) is 0 Å². The molecule has 0 atom stereocenters. The van der Waals surface area contributed by atoms with Crippen molar-refractivity contribution in [2.24, 2.45) is 5.73 Å². The zero-order valence-corrected chi connectivity index (χ0v) is 13.7. The van der Waals surface area contributed by atoms with Crippen LogP contribution in [0.2, 0.25) is 0 Å². The van der Waals surface area contributed by atoms with Gasteiger partial charge in [0.1, 0.15) is 0 Å². The largest absolute Gasteiger partial charge is 0.345 e. The van der Waals surface area contributed by atoms with E-state index < -0.39 is 0 Å². The highest BCUT2D eigenvalue weighted by Gasteiger charge is 2.07. The van der Waals surface area contributed by atoms with E-state index in [0.717, 1.165) is 17.3 Å². The molecule has 0 bridgehead atoms. The summed E-state index contributed by atoms with van der Waals surface area (Å²) < 4.78 is 1.12. The van der Waals surface area contributed by atoms with E-state index in [9.17, 15) is 0 Å². The summed E-state index contributed by atoms with van der Waals surface area (Å²) in [5.74, 6) is 0. The predicted octanol–water partition coefficient (Wildman–Crippen LogP) is 4.28. The maximum Gasteiger partial charge on any atom is 0.0419 e. The summed E-state index contributed by atoms with van der Waals surface area (Å²) in [6.07, 6.45) is 1.97. The molecule has 0 aliphatic carbocycles. The van der Waals surface area contributed by atoms with Crippen LogP contribution in [0.3, 0.4) is 0 Å². The molecule has 0 saturated heterocycles. The molecule has 3 heteroatoms. The minimum absolute atomic E-state index is 0.673. The second-order valence-corrected chi connectivity index (χ2v) is 5.75. The smallest absolute Gasteiger partial charge is 0.0419 e. The van der Waals surface area contributed by atoms with Crippen molar-refractivity contribution in [1.29, 1.82) is 0 Å². The van der Waals surface area contributed by atoms with Gasteiger partial charge in [-0.25, -0.2) is 0 Å². The Bertz CT molecular complexity index is 564. The summed E-state index contributed by atoms with van der Waals surface area (Å²) in [7, 11) is 2.09. The van der Waals surface area contributed by atoms with Crippen LogP contribution in [0, 0.1) is 0 Å². The van der Waals surface area contributed by atoms with Gasteiger partial charge in [0.05, 0.1) is 0 Å². The van der Waals surface area contributed by atoms with E-state index in [1.54, 1.807) is 0 Å². The number of anilines is 2. The predicted molar refractivity (Wildman–Crippen MR) is 90.8 cm³/mol. The Balaban J connectivity index is 2.23. The Morgan fingerprint density at radius 2 is 1.70 bits per heavy atom. The van der Waals surface area contributed by atoms with Gasteiger partial charge in [-0.05, 0) is 54.8 Å². The molecule has 0 spiro atoms. The normalized spacial score (nSPS) is 10.6. The van der Waals surface area contributed by atoms with Crippen molar-refractivity contribution < 1.29 is 0 Å². The Morgan fingerprint density at radius 3 is 2.25 bits per heavy atom. The molecule has 0 radical (unpaired) electrons. The maximum absolute atomic E-state index is 5.61. The van der Waals surface area contributed by atoms with Crippen molar-refractivity contribution >= 4 is 27.3 Å². The second-order valence-electron chi connectivity index (χ2n) is 4.89. The number of rotatable bonds is 5. The number of halogens is 1. The third-order valence-corrected chi connectivity index (χ3v) is 4.31. The van der Waals surface area contributed by atoms with Crippen LogP contribution < -0.4 is 10.6 Å². The lowest BCUT2D eigenvalue weighted by Crippen LogP contribution is -2.10. The van der Waals surface area contributed by atoms with Gasteiger partial charge in [0.25, 0.3) is 0 Å². The van der Waals surface area contributed by atoms with Crippen molar-refractivity contribution in [2.75, 3.05) is 18.5 Å². The van der Waals surface area contributed by atoms with E-state index in [1.165, 1.54) is 22.5 Å². The summed E-state index contributed by atoms with van der Waals surface area (Å²) >= 11 is 3.63. The van der Waals surface area contributed by atoms with Crippen LogP contribution in [-0.2, 0) is 12.8 Å². The fourth-order valence-electron chi connectivity index (χ4n) is 2.21. The number of hydrogen-bond donors (Lipinski definition) is 1. The molecular weight excluding hydrogens is 312 g/mol. The zero-order valence-electron chi connectivity index (χ0n) is 12.1. The maximum atomic E-state index is 5.61. The van der Waals surface area contributed by atoms with E-state index in [0.29, 0.717) is 6.54 Å². The van der Waals surface area contributed by atoms with E-state index in [2.05, 4.69) is 77.3 Å². The quantitative estimate of drug-likeness (QED) is 0.885. The summed E-state index contributed by atoms with van der Waals surface area (Å²) in [5.41, 5.74) is 10.6. The third kappa shape index (κ3) is 3.41. The topological polar surface area (TPSA) is 29.3 Å². The molecule has 0 saturated carbocycles. The average molecular weight is 333 g/mol. The number of hydrogen-bond acceptors (Lipinski definition) is 2. The van der Waals surface area contributed by atoms with Crippen molar-refractivity contribution in [3.63, 3.8) is 0 Å². The molecule has 106 valence electrons. The fourth-order valence-corrected chi connectivity index (χ4v) is 2.77. The van der Waals surface area contributed by atoms with Crippen molar-refractivity contribution in [1.82, 2.24) is 0 Å². The van der Waals surface area contributed by atoms with Crippen LogP contribution in [0.1, 0.15) is 18.1 Å². The first-order chi connectivity index (χ1) is 9.65. The Morgan fingerprint density at radius 1 is 1.05 bits per heavy atom. The van der Waals surface area contributed by atoms with Gasteiger partial charge >= 0.3 is 0 Å². The van der Waals surface area contributed by atoms with E-state index in [-0.39, 0.29) is 0 Å². The first-order valence-electron chi connectivity index (χ1n) is 6.97. The average Bonchev–Trinajstić information content (AvgIpc) is 2.49. The van der Waals surface area contributed by atoms with E-state index >= 15 is 0 Å². The lowest BCUT2D eigenvalue weighted by atomic mass is 10.1. The summed E-state index contributed by atoms with van der Waals surface area (Å²) in [6, 6.07) is 15.1. The molecular formula is C17H21BrN2. The van der Waals surface area contributed by atoms with Crippen LogP contribution in [-0.4, -0.2) is 13.6 Å². The van der Waals surface area contributed by atoms with Crippen molar-refractivity contribution in [3.05, 3.63) is 58.1 Å². The molecule has 0 amide bonds. The highest BCUT2D eigenvalue weighted by molar-refractivity contribution is 9.10. The molecule has 2 aromatic carbocycles. The minimum atomic E-state index is 0.673. The molecule has 0 unspecified atom stereocenters. The summed E-state index contributed by atoms with van der Waals surface area (Å²) in [6.45, 7) is 2.85. The second kappa shape index (κ2) is 6.91. The number of nitrogens with zero attached hydrogens (tertiary/aromatic N) is 1. The first kappa shape index (κ1) is 15.1. The monoisotopic (exact) mass is 332 g/mol. The number of benzene rings is 2. The van der Waals surface area contributed by atoms with Gasteiger partial charge < -0.3 is 10.6 Å². The van der Waals surface area contributed by atoms with Gasteiger partial charge in [-0.15, -0.1) is 0 Å². The third-order valence-electron chi connectivity index (χ3n) is 3.57. The minimum Gasteiger partial charge on any atom is -0.345 e. The highest BCUT2D eigenvalue weighted by Crippen LogP contribution is 2.28. The van der Waals surface area contributed by atoms with E-state index in [4.69, 9.17) is 5.73 Å². The van der Waals surface area contributed by atoms with Gasteiger partial charge in [-0.1, -0.05) is 41.1 Å². The van der Waals surface area contributed by atoms with Gasteiger partial charge in [0.15, 0.2) is 0 Å². The Labute approximate surface area is 129 Å². The fraction of sp³-hybridized carbons (Fsp3) is 0.294. The first-order valence-corrected chi connectivity index (χ1v) is 7.76. The van der Waals surface area contributed by atoms with Crippen LogP contribution in [0.15, 0.2) is 46.9 Å². The highest BCUT2D eigenvalue weighted by atomic mass is 79.9. The standard InChI is InChI=1S/C17H21BrN2/c1-3-13-4-7-15(8-5-13)20(2)16-9-6-14(10-11-19)17(18)12-16/h4-9,12H,3,10-11,19H2,1-2H3. The van der Waals surface area contributed by atoms with Crippen molar-refractivity contribution in [3.8, 4) is 0 Å². The zero-order chi connectivity index (χ0) is 14.5. The lowest BCUT2D eigenvalue weighted by Gasteiger charge is -2.21. The molecule has 20 heavy (non-hydrogen) atoms. The summed E-state index contributed by atoms with van der Waals surface area (Å²) in [5, 5.41) is 0. The van der Waals surface area contributed by atoms with Gasteiger partial charge in [-0.2, -0.15) is 0 Å². The van der Waals surface area contributed by atoms with Crippen LogP contribution in [0.5, 0.6) is 0 Å². The van der Waals surface area contributed by atoms with Gasteiger partial charge in [0.2, 0.25) is 0 Å². The Hall–Kier alpha value is -1.32. The van der Waals surface area contributed by atoms with Gasteiger partial charge in [-0.3, -0.25) is 0 Å². The lowest BCUT2D eigenvalue weighted by molar-refractivity contribution is 0.962. The Kier molecular flexibility index (Phi) is 5.21. The SMILES string of the molecule is CCc1ccc(N(C)c2ccc(CCN)c(Br)c2)cc1. The van der Waals surface area contributed by atoms with Crippen LogP contribution in [0.25, 0.3) is 0 Å². The molecule has 0 aliphatic heterocycles. The van der Waals surface area contributed by atoms with Crippen LogP contribution >= 0.6 is 15.9 Å². The van der Waals surface area contributed by atoms with Crippen molar-refractivity contribution in [2.45, 2.75) is 19.8 Å². The summed E-state index contributed by atoms with van der Waals surface area (Å²) in [4.78, 5) is 2.19. The molecule has 0 heterocycles. The molecule has 0 aliphatic rings. The molecule has 2 nitrogen and oxygen atoms in total. The number of aryl methyl sites for hydroxylation is 1. The molecule has 0 aromatic heterocycles. The molecule has 0 fully saturated rings. The molecule has 2 rings (SSSR count). The number of nitrogens with two attached hydrogens (primary N) is 1. The molecule has 2 N–H and O–H groups in total.